The summed E-state index contributed by atoms with van der Waals surface area (Å²) in [5.41, 5.74) is 3.22. The van der Waals surface area contributed by atoms with Crippen LogP contribution in [-0.4, -0.2) is 50.2 Å². The van der Waals surface area contributed by atoms with E-state index in [1.54, 1.807) is 6.07 Å². The summed E-state index contributed by atoms with van der Waals surface area (Å²) in [7, 11) is 0. The second-order valence-electron chi connectivity index (χ2n) is 9.05. The molecule has 35 heavy (non-hydrogen) atoms. The molecular formula is C25H26F2N4O3S. The van der Waals surface area contributed by atoms with Crippen molar-refractivity contribution in [3.63, 3.8) is 0 Å². The summed E-state index contributed by atoms with van der Waals surface area (Å²) in [6, 6.07) is 10.9. The molecule has 1 aliphatic rings. The van der Waals surface area contributed by atoms with E-state index in [-0.39, 0.29) is 34.6 Å². The number of carbonyl (C=O) groups excluding carboxylic acids is 2. The minimum Gasteiger partial charge on any atom is -0.485 e. The Morgan fingerprint density at radius 2 is 1.97 bits per heavy atom. The number of aromatic amines is 1. The van der Waals surface area contributed by atoms with Crippen LogP contribution in [0.5, 0.6) is 5.75 Å². The lowest BCUT2D eigenvalue weighted by Gasteiger charge is -2.28. The molecule has 0 fully saturated rings. The number of hydrogen-bond acceptors (Lipinski definition) is 6. The van der Waals surface area contributed by atoms with Crippen molar-refractivity contribution in [1.82, 2.24) is 14.9 Å². The number of carbonyl (C=O) groups is 2. The molecule has 10 heteroatoms. The van der Waals surface area contributed by atoms with Gasteiger partial charge in [0, 0.05) is 27.9 Å². The number of para-hydroxylation sites is 1. The summed E-state index contributed by atoms with van der Waals surface area (Å²) in [4.78, 5) is 34.9. The third-order valence-electron chi connectivity index (χ3n) is 5.15. The van der Waals surface area contributed by atoms with E-state index in [2.05, 4.69) is 15.3 Å². The monoisotopic (exact) mass is 500 g/mol. The largest absolute Gasteiger partial charge is 0.485 e. The Labute approximate surface area is 206 Å². The lowest BCUT2D eigenvalue weighted by molar-refractivity contribution is 0.0820. The Balaban J connectivity index is 1.78. The van der Waals surface area contributed by atoms with Crippen molar-refractivity contribution in [2.24, 2.45) is 0 Å². The van der Waals surface area contributed by atoms with E-state index < -0.39 is 13.0 Å². The zero-order valence-electron chi connectivity index (χ0n) is 19.6. The zero-order chi connectivity index (χ0) is 25.2. The number of amides is 1. The number of thioether (sulfide) groups is 1. The molecule has 1 amide bonds. The molecule has 0 spiro atoms. The predicted molar refractivity (Wildman–Crippen MR) is 133 cm³/mol. The van der Waals surface area contributed by atoms with Crippen LogP contribution in [0.2, 0.25) is 0 Å². The highest BCUT2D eigenvalue weighted by Gasteiger charge is 2.34. The van der Waals surface area contributed by atoms with E-state index in [1.165, 1.54) is 29.1 Å². The van der Waals surface area contributed by atoms with E-state index in [9.17, 15) is 18.4 Å². The second-order valence-corrected chi connectivity index (χ2v) is 10.8. The van der Waals surface area contributed by atoms with Crippen molar-refractivity contribution < 1.29 is 23.1 Å². The van der Waals surface area contributed by atoms with Crippen molar-refractivity contribution in [2.45, 2.75) is 38.5 Å². The Morgan fingerprint density at radius 3 is 2.66 bits per heavy atom. The quantitative estimate of drug-likeness (QED) is 0.424. The normalized spacial score (nSPS) is 13.7. The van der Waals surface area contributed by atoms with E-state index in [4.69, 9.17) is 4.74 Å². The van der Waals surface area contributed by atoms with Gasteiger partial charge in [0.1, 0.15) is 12.4 Å². The maximum Gasteiger partial charge on any atom is 0.282 e. The van der Waals surface area contributed by atoms with Crippen LogP contribution in [-0.2, 0) is 6.54 Å². The molecule has 0 bridgehead atoms. The van der Waals surface area contributed by atoms with Crippen LogP contribution < -0.4 is 10.1 Å². The Kier molecular flexibility index (Phi) is 7.11. The number of aromatic nitrogens is 2. The number of benzene rings is 1. The van der Waals surface area contributed by atoms with Crippen molar-refractivity contribution in [3.8, 4) is 17.0 Å². The van der Waals surface area contributed by atoms with Gasteiger partial charge in [-0.2, -0.15) is 0 Å². The van der Waals surface area contributed by atoms with Crippen LogP contribution in [0.15, 0.2) is 48.8 Å². The van der Waals surface area contributed by atoms with Gasteiger partial charge < -0.3 is 19.9 Å². The smallest absolute Gasteiger partial charge is 0.282 e. The fourth-order valence-electron chi connectivity index (χ4n) is 3.78. The van der Waals surface area contributed by atoms with E-state index in [0.29, 0.717) is 28.2 Å². The molecule has 7 nitrogen and oxygen atoms in total. The van der Waals surface area contributed by atoms with Crippen molar-refractivity contribution in [2.75, 3.05) is 18.5 Å². The summed E-state index contributed by atoms with van der Waals surface area (Å²) in [6.07, 6.45) is 0.235. The van der Waals surface area contributed by atoms with Gasteiger partial charge >= 0.3 is 0 Å². The van der Waals surface area contributed by atoms with Crippen LogP contribution in [0.3, 0.4) is 0 Å². The molecule has 0 atom stereocenters. The Bertz CT molecular complexity index is 1230. The van der Waals surface area contributed by atoms with Crippen LogP contribution in [0.25, 0.3) is 11.3 Å². The van der Waals surface area contributed by atoms with E-state index >= 15 is 0 Å². The van der Waals surface area contributed by atoms with Gasteiger partial charge in [0.25, 0.3) is 11.7 Å². The predicted octanol–water partition coefficient (Wildman–Crippen LogP) is 6.11. The Morgan fingerprint density at radius 1 is 1.23 bits per heavy atom. The standard InChI is InChI=1S/C25H26F2N4O3S/c1-25(2,3)35-24(33)31-12-17-21(18(32)13-31)23(29-15-7-5-4-6-8-15)22(30-17)16-9-10-28-11-19(16)34-14-20(26)27/h4-11,20,29-30H,12-14H2,1-3H3. The average molecular weight is 501 g/mol. The third kappa shape index (κ3) is 5.82. The topological polar surface area (TPSA) is 87.3 Å². The lowest BCUT2D eigenvalue weighted by atomic mass is 10.0. The molecule has 1 aromatic carbocycles. The number of fused-ring (bicyclic) bond motifs is 1. The number of rotatable bonds is 6. The molecule has 2 aromatic heterocycles. The third-order valence-corrected chi connectivity index (χ3v) is 6.20. The molecular weight excluding hydrogens is 474 g/mol. The van der Waals surface area contributed by atoms with Gasteiger partial charge in [-0.05, 0) is 18.2 Å². The average Bonchev–Trinajstić information content (AvgIpc) is 3.16. The lowest BCUT2D eigenvalue weighted by Crippen LogP contribution is -2.38. The van der Waals surface area contributed by atoms with Gasteiger partial charge in [0.15, 0.2) is 5.78 Å². The van der Waals surface area contributed by atoms with Gasteiger partial charge in [-0.1, -0.05) is 50.7 Å². The fraction of sp³-hybridized carbons (Fsp3) is 0.320. The van der Waals surface area contributed by atoms with Gasteiger partial charge in [-0.3, -0.25) is 14.6 Å². The molecule has 3 heterocycles. The van der Waals surface area contributed by atoms with Crippen LogP contribution >= 0.6 is 11.8 Å². The fourth-order valence-corrected chi connectivity index (χ4v) is 4.56. The first kappa shape index (κ1) is 24.7. The highest BCUT2D eigenvalue weighted by atomic mass is 32.2. The number of anilines is 2. The number of halogens is 2. The van der Waals surface area contributed by atoms with E-state index in [0.717, 1.165) is 5.69 Å². The van der Waals surface area contributed by atoms with Crippen molar-refractivity contribution in [3.05, 3.63) is 60.0 Å². The Hall–Kier alpha value is -3.40. The summed E-state index contributed by atoms with van der Waals surface area (Å²) >= 11 is 1.17. The summed E-state index contributed by atoms with van der Waals surface area (Å²) in [6.45, 7) is 5.18. The molecule has 0 aliphatic carbocycles. The number of ether oxygens (including phenoxy) is 1. The minimum absolute atomic E-state index is 0.0548. The number of nitrogens with zero attached hydrogens (tertiary/aromatic N) is 2. The number of Topliss-reactive ketones (excluding diaryl/α,β-unsaturated/α-hetero) is 1. The molecule has 0 radical (unpaired) electrons. The minimum atomic E-state index is -2.65. The summed E-state index contributed by atoms with van der Waals surface area (Å²) < 4.78 is 30.7. The van der Waals surface area contributed by atoms with E-state index in [1.807, 2.05) is 51.1 Å². The van der Waals surface area contributed by atoms with Crippen LogP contribution in [0, 0.1) is 0 Å². The second kappa shape index (κ2) is 10.1. The van der Waals surface area contributed by atoms with Gasteiger partial charge in [0.05, 0.1) is 36.2 Å². The number of hydrogen-bond donors (Lipinski definition) is 2. The molecule has 0 saturated heterocycles. The number of pyridine rings is 1. The molecule has 3 aromatic rings. The SMILES string of the molecule is CC(C)(C)SC(=O)N1CC(=O)c2c([nH]c(-c3ccncc3OCC(F)F)c2Nc2ccccc2)C1. The van der Waals surface area contributed by atoms with Gasteiger partial charge in [0.2, 0.25) is 0 Å². The molecule has 4 rings (SSSR count). The first-order valence-electron chi connectivity index (χ1n) is 11.1. The maximum atomic E-state index is 13.3. The first-order valence-corrected chi connectivity index (χ1v) is 11.9. The molecule has 184 valence electrons. The van der Waals surface area contributed by atoms with Crippen molar-refractivity contribution >= 4 is 34.2 Å². The van der Waals surface area contributed by atoms with Crippen LogP contribution in [0.1, 0.15) is 36.8 Å². The number of H-pyrrole nitrogens is 1. The number of ketones is 1. The maximum absolute atomic E-state index is 13.3. The highest BCUT2D eigenvalue weighted by Crippen LogP contribution is 2.41. The van der Waals surface area contributed by atoms with Gasteiger partial charge in [-0.15, -0.1) is 0 Å². The molecule has 2 N–H and O–H groups in total. The van der Waals surface area contributed by atoms with Crippen molar-refractivity contribution in [1.29, 1.82) is 0 Å². The van der Waals surface area contributed by atoms with Crippen LogP contribution in [0.4, 0.5) is 25.0 Å². The highest BCUT2D eigenvalue weighted by molar-refractivity contribution is 8.14. The molecule has 1 aliphatic heterocycles. The molecule has 0 unspecified atom stereocenters. The summed E-state index contributed by atoms with van der Waals surface area (Å²) in [5, 5.41) is 3.11. The molecule has 0 saturated carbocycles. The summed E-state index contributed by atoms with van der Waals surface area (Å²) in [5.74, 6) is -0.0645. The number of nitrogens with one attached hydrogen (secondary N) is 2. The zero-order valence-corrected chi connectivity index (χ0v) is 20.4. The first-order chi connectivity index (χ1) is 16.6. The van der Waals surface area contributed by atoms with Gasteiger partial charge in [-0.25, -0.2) is 8.78 Å². The number of alkyl halides is 2.